The summed E-state index contributed by atoms with van der Waals surface area (Å²) in [5.41, 5.74) is 4.54. The minimum atomic E-state index is -0.995. The zero-order valence-corrected chi connectivity index (χ0v) is 19.7. The topological polar surface area (TPSA) is 105 Å². The highest BCUT2D eigenvalue weighted by Gasteiger charge is 2.44. The van der Waals surface area contributed by atoms with Crippen LogP contribution in [0.4, 0.5) is 4.79 Å². The average Bonchev–Trinajstić information content (AvgIpc) is 3.44. The fourth-order valence-corrected chi connectivity index (χ4v) is 5.76. The van der Waals surface area contributed by atoms with Crippen molar-refractivity contribution in [2.45, 2.75) is 37.8 Å². The van der Waals surface area contributed by atoms with Gasteiger partial charge in [0.2, 0.25) is 5.91 Å². The van der Waals surface area contributed by atoms with Crippen LogP contribution in [0.1, 0.15) is 36.8 Å². The zero-order chi connectivity index (χ0) is 24.5. The molecule has 2 aromatic carbocycles. The van der Waals surface area contributed by atoms with Crippen LogP contribution in [0.5, 0.6) is 0 Å². The van der Waals surface area contributed by atoms with E-state index >= 15 is 0 Å². The molecule has 1 aliphatic carbocycles. The lowest BCUT2D eigenvalue weighted by Gasteiger charge is -2.39. The number of aliphatic carboxylic acids is 1. The van der Waals surface area contributed by atoms with Gasteiger partial charge in [0.1, 0.15) is 12.6 Å². The SMILES string of the molecule is CC1CCCN(C(=O)C2COCC2NC(=O)OCC2c3ccccc3-c3ccccc32)C1C(=O)O. The number of nitrogens with zero attached hydrogens (tertiary/aromatic N) is 1. The molecule has 4 unspecified atom stereocenters. The number of likely N-dealkylation sites (tertiary alicyclic amines) is 1. The van der Waals surface area contributed by atoms with E-state index in [1.807, 2.05) is 31.2 Å². The number of nitrogens with one attached hydrogen (secondary N) is 1. The predicted octanol–water partition coefficient (Wildman–Crippen LogP) is 3.25. The molecule has 0 aromatic heterocycles. The molecule has 8 heteroatoms. The van der Waals surface area contributed by atoms with E-state index in [0.29, 0.717) is 6.54 Å². The highest BCUT2D eigenvalue weighted by molar-refractivity contribution is 5.87. The summed E-state index contributed by atoms with van der Waals surface area (Å²) in [6.07, 6.45) is 0.917. The van der Waals surface area contributed by atoms with Gasteiger partial charge in [-0.15, -0.1) is 0 Å². The summed E-state index contributed by atoms with van der Waals surface area (Å²) in [4.78, 5) is 39.3. The molecule has 2 amide bonds. The molecule has 2 aromatic rings. The van der Waals surface area contributed by atoms with Crippen molar-refractivity contribution < 1.29 is 29.0 Å². The minimum absolute atomic E-state index is 0.0587. The maximum Gasteiger partial charge on any atom is 0.407 e. The van der Waals surface area contributed by atoms with E-state index in [9.17, 15) is 19.5 Å². The number of ether oxygens (including phenoxy) is 2. The molecular weight excluding hydrogens is 448 g/mol. The van der Waals surface area contributed by atoms with Crippen LogP contribution in [0.15, 0.2) is 48.5 Å². The third-order valence-corrected chi connectivity index (χ3v) is 7.51. The molecule has 2 saturated heterocycles. The van der Waals surface area contributed by atoms with E-state index in [0.717, 1.165) is 35.1 Å². The molecule has 2 heterocycles. The van der Waals surface area contributed by atoms with Gasteiger partial charge >= 0.3 is 12.1 Å². The van der Waals surface area contributed by atoms with Crippen LogP contribution in [-0.4, -0.2) is 66.4 Å². The molecule has 8 nitrogen and oxygen atoms in total. The molecule has 3 aliphatic rings. The number of amides is 2. The molecule has 35 heavy (non-hydrogen) atoms. The molecule has 184 valence electrons. The van der Waals surface area contributed by atoms with Gasteiger partial charge in [-0.1, -0.05) is 55.5 Å². The normalized spacial score (nSPS) is 25.6. The second kappa shape index (κ2) is 9.70. The molecule has 0 spiro atoms. The van der Waals surface area contributed by atoms with E-state index in [2.05, 4.69) is 29.6 Å². The maximum atomic E-state index is 13.3. The van der Waals surface area contributed by atoms with Crippen LogP contribution in [0.2, 0.25) is 0 Å². The fraction of sp³-hybridized carbons (Fsp3) is 0.444. The Bertz CT molecular complexity index is 1090. The van der Waals surface area contributed by atoms with Crippen molar-refractivity contribution >= 4 is 18.0 Å². The molecule has 0 radical (unpaired) electrons. The largest absolute Gasteiger partial charge is 0.480 e. The quantitative estimate of drug-likeness (QED) is 0.684. The van der Waals surface area contributed by atoms with E-state index in [-0.39, 0.29) is 37.6 Å². The number of piperidine rings is 1. The lowest BCUT2D eigenvalue weighted by atomic mass is 9.89. The highest BCUT2D eigenvalue weighted by atomic mass is 16.5. The number of carbonyl (C=O) groups is 3. The second-order valence-electron chi connectivity index (χ2n) is 9.65. The number of fused-ring (bicyclic) bond motifs is 3. The number of rotatable bonds is 5. The molecule has 2 fully saturated rings. The Hall–Kier alpha value is -3.39. The van der Waals surface area contributed by atoms with Gasteiger partial charge in [0.05, 0.1) is 25.2 Å². The number of carboxylic acids is 1. The van der Waals surface area contributed by atoms with E-state index < -0.39 is 30.1 Å². The first-order chi connectivity index (χ1) is 17.0. The summed E-state index contributed by atoms with van der Waals surface area (Å²) in [7, 11) is 0. The lowest BCUT2D eigenvalue weighted by Crippen LogP contribution is -2.56. The Morgan fingerprint density at radius 2 is 1.71 bits per heavy atom. The maximum absolute atomic E-state index is 13.3. The lowest BCUT2D eigenvalue weighted by molar-refractivity contribution is -0.156. The van der Waals surface area contributed by atoms with Crippen LogP contribution < -0.4 is 5.32 Å². The Morgan fingerprint density at radius 1 is 1.06 bits per heavy atom. The Labute approximate surface area is 204 Å². The van der Waals surface area contributed by atoms with Crippen LogP contribution >= 0.6 is 0 Å². The van der Waals surface area contributed by atoms with Gasteiger partial charge in [-0.3, -0.25) is 4.79 Å². The predicted molar refractivity (Wildman–Crippen MR) is 128 cm³/mol. The van der Waals surface area contributed by atoms with Crippen LogP contribution in [0.25, 0.3) is 11.1 Å². The smallest absolute Gasteiger partial charge is 0.407 e. The molecular formula is C27H30N2O6. The minimum Gasteiger partial charge on any atom is -0.480 e. The number of hydrogen-bond acceptors (Lipinski definition) is 5. The van der Waals surface area contributed by atoms with Crippen molar-refractivity contribution in [3.8, 4) is 11.1 Å². The third kappa shape index (κ3) is 4.38. The van der Waals surface area contributed by atoms with Crippen LogP contribution in [0.3, 0.4) is 0 Å². The van der Waals surface area contributed by atoms with Gasteiger partial charge in [0.15, 0.2) is 0 Å². The van der Waals surface area contributed by atoms with Crippen molar-refractivity contribution in [2.75, 3.05) is 26.4 Å². The molecule has 2 N–H and O–H groups in total. The third-order valence-electron chi connectivity index (χ3n) is 7.51. The van der Waals surface area contributed by atoms with E-state index in [1.54, 1.807) is 0 Å². The molecule has 5 rings (SSSR count). The van der Waals surface area contributed by atoms with E-state index in [4.69, 9.17) is 9.47 Å². The first kappa shape index (κ1) is 23.4. The van der Waals surface area contributed by atoms with Crippen molar-refractivity contribution in [3.63, 3.8) is 0 Å². The van der Waals surface area contributed by atoms with Crippen LogP contribution in [-0.2, 0) is 19.1 Å². The number of hydrogen-bond donors (Lipinski definition) is 2. The van der Waals surface area contributed by atoms with E-state index in [1.165, 1.54) is 4.90 Å². The standard InChI is InChI=1S/C27H30N2O6/c1-16-7-6-12-29(24(16)26(31)32)25(30)22-13-34-15-23(22)28-27(33)35-14-21-19-10-4-2-8-17(19)18-9-3-5-11-20(18)21/h2-5,8-11,16,21-24H,6-7,12-15H2,1H3,(H,28,33)(H,31,32). The average molecular weight is 479 g/mol. The molecule has 2 aliphatic heterocycles. The fourth-order valence-electron chi connectivity index (χ4n) is 5.76. The van der Waals surface area contributed by atoms with Crippen molar-refractivity contribution in [2.24, 2.45) is 11.8 Å². The van der Waals surface area contributed by atoms with Gasteiger partial charge in [-0.2, -0.15) is 0 Å². The number of alkyl carbamates (subject to hydrolysis) is 1. The number of carbonyl (C=O) groups excluding carboxylic acids is 2. The molecule has 0 saturated carbocycles. The number of carboxylic acid groups (broad SMARTS) is 1. The molecule has 4 atom stereocenters. The van der Waals surface area contributed by atoms with Crippen molar-refractivity contribution in [1.82, 2.24) is 10.2 Å². The van der Waals surface area contributed by atoms with Crippen molar-refractivity contribution in [3.05, 3.63) is 59.7 Å². The Balaban J connectivity index is 1.23. The van der Waals surface area contributed by atoms with Crippen LogP contribution in [0, 0.1) is 11.8 Å². The number of benzene rings is 2. The Morgan fingerprint density at radius 3 is 2.37 bits per heavy atom. The first-order valence-corrected chi connectivity index (χ1v) is 12.2. The summed E-state index contributed by atoms with van der Waals surface area (Å²) in [6.45, 7) is 2.76. The van der Waals surface area contributed by atoms with Gasteiger partial charge in [-0.05, 0) is 41.0 Å². The van der Waals surface area contributed by atoms with Gasteiger partial charge in [0, 0.05) is 12.5 Å². The first-order valence-electron chi connectivity index (χ1n) is 12.2. The molecule has 0 bridgehead atoms. The Kier molecular flexibility index (Phi) is 6.47. The van der Waals surface area contributed by atoms with Crippen molar-refractivity contribution in [1.29, 1.82) is 0 Å². The van der Waals surface area contributed by atoms with Gasteiger partial charge in [0.25, 0.3) is 0 Å². The summed E-state index contributed by atoms with van der Waals surface area (Å²) in [6, 6.07) is 14.8. The second-order valence-corrected chi connectivity index (χ2v) is 9.65. The zero-order valence-electron chi connectivity index (χ0n) is 19.7. The summed E-state index contributed by atoms with van der Waals surface area (Å²) in [5, 5.41) is 12.5. The van der Waals surface area contributed by atoms with Gasteiger partial charge in [-0.25, -0.2) is 9.59 Å². The summed E-state index contributed by atoms with van der Waals surface area (Å²) in [5.74, 6) is -2.10. The van der Waals surface area contributed by atoms with Gasteiger partial charge < -0.3 is 24.8 Å². The summed E-state index contributed by atoms with van der Waals surface area (Å²) >= 11 is 0. The summed E-state index contributed by atoms with van der Waals surface area (Å²) < 4.78 is 11.1. The monoisotopic (exact) mass is 478 g/mol. The highest BCUT2D eigenvalue weighted by Crippen LogP contribution is 2.44.